The van der Waals surface area contributed by atoms with Gasteiger partial charge in [-0.2, -0.15) is 0 Å². The summed E-state index contributed by atoms with van der Waals surface area (Å²) in [7, 11) is -3.36. The topological polar surface area (TPSA) is 99.3 Å². The number of carbonyl (C=O) groups is 1. The molecule has 0 aliphatic carbocycles. The van der Waals surface area contributed by atoms with Crippen LogP contribution >= 0.6 is 0 Å². The Labute approximate surface area is 123 Å². The van der Waals surface area contributed by atoms with Gasteiger partial charge in [0, 0.05) is 16.6 Å². The largest absolute Gasteiger partial charge is 0.477 e. The fourth-order valence-corrected chi connectivity index (χ4v) is 3.43. The third-order valence-corrected chi connectivity index (χ3v) is 4.68. The molecule has 0 spiro atoms. The summed E-state index contributed by atoms with van der Waals surface area (Å²) in [6, 6.07) is 4.94. The number of hydrogen-bond acceptors (Lipinski definition) is 3. The molecule has 0 bridgehead atoms. The van der Waals surface area contributed by atoms with E-state index in [9.17, 15) is 13.2 Å². The molecule has 0 aliphatic heterocycles. The SMILES string of the molecule is CCCCS(=O)(=O)Nc1ccc2[nH]c(C(=O)O)c(C)c2c1. The normalized spacial score (nSPS) is 11.7. The molecule has 1 aromatic heterocycles. The highest BCUT2D eigenvalue weighted by atomic mass is 32.2. The number of carboxylic acid groups (broad SMARTS) is 1. The number of hydrogen-bond donors (Lipinski definition) is 3. The van der Waals surface area contributed by atoms with Crippen molar-refractivity contribution in [2.45, 2.75) is 26.7 Å². The molecule has 0 saturated carbocycles. The van der Waals surface area contributed by atoms with E-state index in [2.05, 4.69) is 9.71 Å². The highest BCUT2D eigenvalue weighted by Gasteiger charge is 2.15. The third kappa shape index (κ3) is 3.36. The van der Waals surface area contributed by atoms with Gasteiger partial charge in [0.1, 0.15) is 5.69 Å². The van der Waals surface area contributed by atoms with Crippen LogP contribution < -0.4 is 4.72 Å². The van der Waals surface area contributed by atoms with E-state index in [4.69, 9.17) is 5.11 Å². The summed E-state index contributed by atoms with van der Waals surface area (Å²) in [6.07, 6.45) is 1.41. The van der Waals surface area contributed by atoms with Gasteiger partial charge in [0.15, 0.2) is 0 Å². The van der Waals surface area contributed by atoms with Crippen molar-refractivity contribution in [2.24, 2.45) is 0 Å². The lowest BCUT2D eigenvalue weighted by atomic mass is 10.1. The van der Waals surface area contributed by atoms with E-state index in [-0.39, 0.29) is 11.4 Å². The van der Waals surface area contributed by atoms with Crippen LogP contribution in [-0.4, -0.2) is 30.2 Å². The van der Waals surface area contributed by atoms with Gasteiger partial charge in [0.05, 0.1) is 5.75 Å². The molecular weight excluding hydrogens is 292 g/mol. The Morgan fingerprint density at radius 3 is 2.71 bits per heavy atom. The van der Waals surface area contributed by atoms with E-state index in [0.717, 1.165) is 6.42 Å². The quantitative estimate of drug-likeness (QED) is 0.763. The first-order valence-corrected chi connectivity index (χ1v) is 8.35. The van der Waals surface area contributed by atoms with Crippen LogP contribution in [0.25, 0.3) is 10.9 Å². The molecule has 1 aromatic carbocycles. The van der Waals surface area contributed by atoms with Gasteiger partial charge in [-0.05, 0) is 37.1 Å². The molecule has 2 aromatic rings. The standard InChI is InChI=1S/C14H18N2O4S/c1-3-4-7-21(19,20)16-10-5-6-12-11(8-10)9(2)13(15-12)14(17)18/h5-6,8,15-16H,3-4,7H2,1-2H3,(H,17,18). The Morgan fingerprint density at radius 2 is 2.10 bits per heavy atom. The zero-order valence-electron chi connectivity index (χ0n) is 11.9. The molecule has 0 atom stereocenters. The van der Waals surface area contributed by atoms with Crippen molar-refractivity contribution in [3.8, 4) is 0 Å². The van der Waals surface area contributed by atoms with Crippen molar-refractivity contribution in [1.29, 1.82) is 0 Å². The first kappa shape index (κ1) is 15.4. The Bertz CT molecular complexity index is 778. The molecule has 0 radical (unpaired) electrons. The van der Waals surface area contributed by atoms with Crippen molar-refractivity contribution in [3.05, 3.63) is 29.5 Å². The lowest BCUT2D eigenvalue weighted by molar-refractivity contribution is 0.0690. The van der Waals surface area contributed by atoms with Crippen LogP contribution in [0, 0.1) is 6.92 Å². The zero-order chi connectivity index (χ0) is 15.6. The minimum Gasteiger partial charge on any atom is -0.477 e. The van der Waals surface area contributed by atoms with Crippen LogP contribution in [0.4, 0.5) is 5.69 Å². The van der Waals surface area contributed by atoms with Gasteiger partial charge in [-0.3, -0.25) is 4.72 Å². The molecule has 0 aliphatic rings. The van der Waals surface area contributed by atoms with Crippen molar-refractivity contribution < 1.29 is 18.3 Å². The predicted octanol–water partition coefficient (Wildman–Crippen LogP) is 2.72. The molecule has 0 amide bonds. The number of nitrogens with one attached hydrogen (secondary N) is 2. The lowest BCUT2D eigenvalue weighted by Crippen LogP contribution is -2.16. The third-order valence-electron chi connectivity index (χ3n) is 3.31. The highest BCUT2D eigenvalue weighted by Crippen LogP contribution is 2.25. The predicted molar refractivity (Wildman–Crippen MR) is 82.3 cm³/mol. The molecule has 114 valence electrons. The molecular formula is C14H18N2O4S. The van der Waals surface area contributed by atoms with E-state index in [1.165, 1.54) is 0 Å². The van der Waals surface area contributed by atoms with Crippen molar-refractivity contribution in [1.82, 2.24) is 4.98 Å². The molecule has 21 heavy (non-hydrogen) atoms. The van der Waals surface area contributed by atoms with Gasteiger partial charge in [0.2, 0.25) is 10.0 Å². The number of aromatic amines is 1. The van der Waals surface area contributed by atoms with Gasteiger partial charge < -0.3 is 10.1 Å². The maximum absolute atomic E-state index is 11.9. The molecule has 1 heterocycles. The minimum absolute atomic E-state index is 0.0774. The maximum Gasteiger partial charge on any atom is 0.352 e. The number of fused-ring (bicyclic) bond motifs is 1. The monoisotopic (exact) mass is 310 g/mol. The fraction of sp³-hybridized carbons (Fsp3) is 0.357. The van der Waals surface area contributed by atoms with Gasteiger partial charge in [-0.25, -0.2) is 13.2 Å². The number of aromatic nitrogens is 1. The van der Waals surface area contributed by atoms with E-state index in [1.54, 1.807) is 25.1 Å². The lowest BCUT2D eigenvalue weighted by Gasteiger charge is -2.07. The fourth-order valence-electron chi connectivity index (χ4n) is 2.17. The first-order chi connectivity index (χ1) is 9.84. The molecule has 0 fully saturated rings. The van der Waals surface area contributed by atoms with Crippen LogP contribution in [0.1, 0.15) is 35.8 Å². The van der Waals surface area contributed by atoms with Crippen molar-refractivity contribution in [3.63, 3.8) is 0 Å². The smallest absolute Gasteiger partial charge is 0.352 e. The summed E-state index contributed by atoms with van der Waals surface area (Å²) < 4.78 is 26.3. The van der Waals surface area contributed by atoms with Gasteiger partial charge in [-0.1, -0.05) is 13.3 Å². The number of H-pyrrole nitrogens is 1. The Hall–Kier alpha value is -2.02. The second-order valence-electron chi connectivity index (χ2n) is 4.97. The number of rotatable bonds is 6. The minimum atomic E-state index is -3.36. The highest BCUT2D eigenvalue weighted by molar-refractivity contribution is 7.92. The van der Waals surface area contributed by atoms with Gasteiger partial charge in [-0.15, -0.1) is 0 Å². The van der Waals surface area contributed by atoms with Crippen LogP contribution in [-0.2, 0) is 10.0 Å². The van der Waals surface area contributed by atoms with E-state index in [1.807, 2.05) is 6.92 Å². The molecule has 7 heteroatoms. The summed E-state index contributed by atoms with van der Waals surface area (Å²) in [5.74, 6) is -0.956. The van der Waals surface area contributed by atoms with Crippen molar-refractivity contribution in [2.75, 3.05) is 10.5 Å². The number of benzene rings is 1. The summed E-state index contributed by atoms with van der Waals surface area (Å²) >= 11 is 0. The molecule has 0 saturated heterocycles. The Balaban J connectivity index is 2.35. The molecule has 2 rings (SSSR count). The molecule has 0 unspecified atom stereocenters. The molecule has 6 nitrogen and oxygen atoms in total. The van der Waals surface area contributed by atoms with Gasteiger partial charge in [0.25, 0.3) is 0 Å². The average molecular weight is 310 g/mol. The summed E-state index contributed by atoms with van der Waals surface area (Å²) in [5.41, 5.74) is 1.82. The van der Waals surface area contributed by atoms with E-state index in [0.29, 0.717) is 28.6 Å². The number of aromatic carboxylic acids is 1. The Kier molecular flexibility index (Phi) is 4.22. The molecule has 3 N–H and O–H groups in total. The summed E-state index contributed by atoms with van der Waals surface area (Å²) in [4.78, 5) is 13.9. The second-order valence-corrected chi connectivity index (χ2v) is 6.81. The van der Waals surface area contributed by atoms with Gasteiger partial charge >= 0.3 is 5.97 Å². The van der Waals surface area contributed by atoms with Crippen LogP contribution in [0.3, 0.4) is 0 Å². The number of aryl methyl sites for hydroxylation is 1. The van der Waals surface area contributed by atoms with Crippen LogP contribution in [0.15, 0.2) is 18.2 Å². The number of anilines is 1. The average Bonchev–Trinajstić information content (AvgIpc) is 2.74. The zero-order valence-corrected chi connectivity index (χ0v) is 12.8. The number of unbranched alkanes of at least 4 members (excludes halogenated alkanes) is 1. The Morgan fingerprint density at radius 1 is 1.38 bits per heavy atom. The van der Waals surface area contributed by atoms with E-state index < -0.39 is 16.0 Å². The second kappa shape index (κ2) is 5.77. The van der Waals surface area contributed by atoms with Crippen LogP contribution in [0.5, 0.6) is 0 Å². The summed E-state index contributed by atoms with van der Waals surface area (Å²) in [6.45, 7) is 3.62. The van der Waals surface area contributed by atoms with Crippen LogP contribution in [0.2, 0.25) is 0 Å². The first-order valence-electron chi connectivity index (χ1n) is 6.70. The maximum atomic E-state index is 11.9. The van der Waals surface area contributed by atoms with E-state index >= 15 is 0 Å². The number of carboxylic acids is 1. The van der Waals surface area contributed by atoms with Crippen molar-refractivity contribution >= 4 is 32.6 Å². The summed E-state index contributed by atoms with van der Waals surface area (Å²) in [5, 5.41) is 9.77. The number of sulfonamides is 1.